The topological polar surface area (TPSA) is 49.3 Å². The second kappa shape index (κ2) is 6.19. The lowest BCUT2D eigenvalue weighted by molar-refractivity contribution is 0.0971. The van der Waals surface area contributed by atoms with E-state index in [4.69, 9.17) is 0 Å². The Hall–Kier alpha value is -2.50. The van der Waals surface area contributed by atoms with Crippen LogP contribution in [0.15, 0.2) is 30.5 Å². The van der Waals surface area contributed by atoms with E-state index in [-0.39, 0.29) is 11.6 Å². The SMILES string of the molecule is O=C1CCCc2nc(N3CCN(c4ccc(F)cc4)CC3)ncc21. The number of aryl methyl sites for hydroxylation is 1. The van der Waals surface area contributed by atoms with Gasteiger partial charge in [0.15, 0.2) is 5.78 Å². The summed E-state index contributed by atoms with van der Waals surface area (Å²) in [6, 6.07) is 6.61. The molecule has 0 bridgehead atoms. The average molecular weight is 326 g/mol. The number of piperazine rings is 1. The largest absolute Gasteiger partial charge is 0.368 e. The number of Topliss-reactive ketones (excluding diaryl/α,β-unsaturated/α-hetero) is 1. The smallest absolute Gasteiger partial charge is 0.225 e. The zero-order valence-corrected chi connectivity index (χ0v) is 13.4. The van der Waals surface area contributed by atoms with Crippen molar-refractivity contribution in [2.45, 2.75) is 19.3 Å². The standard InChI is InChI=1S/C18H19FN4O/c19-13-4-6-14(7-5-13)22-8-10-23(11-9-22)18-20-12-15-16(21-18)2-1-3-17(15)24/h4-7,12H,1-3,8-11H2. The lowest BCUT2D eigenvalue weighted by Crippen LogP contribution is -2.47. The molecule has 0 radical (unpaired) electrons. The number of fused-ring (bicyclic) bond motifs is 1. The Bertz CT molecular complexity index is 754. The van der Waals surface area contributed by atoms with Gasteiger partial charge in [0.1, 0.15) is 5.82 Å². The molecule has 1 aliphatic heterocycles. The number of carbonyl (C=O) groups is 1. The number of aromatic nitrogens is 2. The molecule has 0 atom stereocenters. The molecule has 0 amide bonds. The molecule has 5 nitrogen and oxygen atoms in total. The van der Waals surface area contributed by atoms with Crippen LogP contribution in [-0.2, 0) is 6.42 Å². The summed E-state index contributed by atoms with van der Waals surface area (Å²) in [6.07, 6.45) is 4.02. The second-order valence-electron chi connectivity index (χ2n) is 6.26. The third-order valence-corrected chi connectivity index (χ3v) is 4.73. The molecule has 2 aromatic rings. The Morgan fingerprint density at radius 3 is 2.42 bits per heavy atom. The molecule has 1 aliphatic carbocycles. The molecule has 2 aliphatic rings. The predicted octanol–water partition coefficient (Wildman–Crippen LogP) is 2.46. The normalized spacial score (nSPS) is 17.8. The average Bonchev–Trinajstić information content (AvgIpc) is 2.62. The first kappa shape index (κ1) is 15.1. The van der Waals surface area contributed by atoms with E-state index in [1.807, 2.05) is 12.1 Å². The van der Waals surface area contributed by atoms with Crippen molar-refractivity contribution in [3.63, 3.8) is 0 Å². The van der Waals surface area contributed by atoms with Crippen LogP contribution in [0.1, 0.15) is 28.9 Å². The molecule has 6 heteroatoms. The Balaban J connectivity index is 1.46. The predicted molar refractivity (Wildman–Crippen MR) is 90.1 cm³/mol. The van der Waals surface area contributed by atoms with Crippen LogP contribution < -0.4 is 9.80 Å². The highest BCUT2D eigenvalue weighted by molar-refractivity contribution is 5.97. The van der Waals surface area contributed by atoms with Crippen molar-refractivity contribution in [1.82, 2.24) is 9.97 Å². The van der Waals surface area contributed by atoms with Gasteiger partial charge < -0.3 is 9.80 Å². The molecule has 0 spiro atoms. The van der Waals surface area contributed by atoms with Gasteiger partial charge in [0, 0.05) is 44.5 Å². The van der Waals surface area contributed by atoms with Crippen LogP contribution >= 0.6 is 0 Å². The van der Waals surface area contributed by atoms with Gasteiger partial charge in [-0.15, -0.1) is 0 Å². The fraction of sp³-hybridized carbons (Fsp3) is 0.389. The van der Waals surface area contributed by atoms with Crippen LogP contribution in [-0.4, -0.2) is 41.9 Å². The highest BCUT2D eigenvalue weighted by atomic mass is 19.1. The maximum atomic E-state index is 13.0. The molecule has 0 unspecified atom stereocenters. The van der Waals surface area contributed by atoms with Crippen LogP contribution in [0.5, 0.6) is 0 Å². The quantitative estimate of drug-likeness (QED) is 0.848. The molecule has 1 fully saturated rings. The summed E-state index contributed by atoms with van der Waals surface area (Å²) in [6.45, 7) is 3.30. The minimum atomic E-state index is -0.214. The molecule has 4 rings (SSSR count). The monoisotopic (exact) mass is 326 g/mol. The number of anilines is 2. The van der Waals surface area contributed by atoms with E-state index < -0.39 is 0 Å². The Kier molecular flexibility index (Phi) is 3.88. The number of benzene rings is 1. The number of hydrogen-bond donors (Lipinski definition) is 0. The van der Waals surface area contributed by atoms with E-state index in [1.54, 1.807) is 6.20 Å². The van der Waals surface area contributed by atoms with Crippen LogP contribution in [0.25, 0.3) is 0 Å². The molecule has 0 saturated carbocycles. The molecule has 24 heavy (non-hydrogen) atoms. The van der Waals surface area contributed by atoms with E-state index in [0.29, 0.717) is 17.9 Å². The molecule has 1 aromatic heterocycles. The van der Waals surface area contributed by atoms with Crippen LogP contribution in [0.2, 0.25) is 0 Å². The molecule has 1 aromatic carbocycles. The third kappa shape index (κ3) is 2.84. The first-order chi connectivity index (χ1) is 11.7. The zero-order chi connectivity index (χ0) is 16.5. The first-order valence-electron chi connectivity index (χ1n) is 8.35. The maximum absolute atomic E-state index is 13.0. The van der Waals surface area contributed by atoms with E-state index in [2.05, 4.69) is 19.8 Å². The Labute approximate surface area is 140 Å². The summed E-state index contributed by atoms with van der Waals surface area (Å²) >= 11 is 0. The van der Waals surface area contributed by atoms with Gasteiger partial charge in [-0.25, -0.2) is 14.4 Å². The van der Waals surface area contributed by atoms with Gasteiger partial charge in [-0.3, -0.25) is 4.79 Å². The van der Waals surface area contributed by atoms with Crippen molar-refractivity contribution in [2.24, 2.45) is 0 Å². The van der Waals surface area contributed by atoms with Gasteiger partial charge in [0.2, 0.25) is 5.95 Å². The van der Waals surface area contributed by atoms with Crippen LogP contribution in [0, 0.1) is 5.82 Å². The fourth-order valence-electron chi connectivity index (χ4n) is 3.35. The van der Waals surface area contributed by atoms with Crippen molar-refractivity contribution in [2.75, 3.05) is 36.0 Å². The van der Waals surface area contributed by atoms with Crippen molar-refractivity contribution in [1.29, 1.82) is 0 Å². The molecule has 2 heterocycles. The summed E-state index contributed by atoms with van der Waals surface area (Å²) in [5.74, 6) is 0.653. The number of nitrogens with zero attached hydrogens (tertiary/aromatic N) is 4. The van der Waals surface area contributed by atoms with Crippen LogP contribution in [0.4, 0.5) is 16.0 Å². The summed E-state index contributed by atoms with van der Waals surface area (Å²) < 4.78 is 13.0. The molecular formula is C18H19FN4O. The number of rotatable bonds is 2. The molecular weight excluding hydrogens is 307 g/mol. The van der Waals surface area contributed by atoms with Gasteiger partial charge in [-0.1, -0.05) is 0 Å². The van der Waals surface area contributed by atoms with E-state index in [9.17, 15) is 9.18 Å². The van der Waals surface area contributed by atoms with Gasteiger partial charge in [-0.05, 0) is 37.1 Å². The second-order valence-corrected chi connectivity index (χ2v) is 6.26. The lowest BCUT2D eigenvalue weighted by atomic mass is 9.96. The minimum Gasteiger partial charge on any atom is -0.368 e. The lowest BCUT2D eigenvalue weighted by Gasteiger charge is -2.36. The molecule has 1 saturated heterocycles. The van der Waals surface area contributed by atoms with Crippen LogP contribution in [0.3, 0.4) is 0 Å². The van der Waals surface area contributed by atoms with E-state index >= 15 is 0 Å². The number of halogens is 1. The molecule has 0 N–H and O–H groups in total. The van der Waals surface area contributed by atoms with Crippen molar-refractivity contribution >= 4 is 17.4 Å². The number of carbonyl (C=O) groups excluding carboxylic acids is 1. The zero-order valence-electron chi connectivity index (χ0n) is 13.4. The summed E-state index contributed by atoms with van der Waals surface area (Å²) in [7, 11) is 0. The highest BCUT2D eigenvalue weighted by Crippen LogP contribution is 2.23. The van der Waals surface area contributed by atoms with Crippen molar-refractivity contribution in [3.05, 3.63) is 47.5 Å². The number of ketones is 1. The maximum Gasteiger partial charge on any atom is 0.225 e. The Morgan fingerprint density at radius 1 is 0.958 bits per heavy atom. The minimum absolute atomic E-state index is 0.156. The van der Waals surface area contributed by atoms with Gasteiger partial charge in [0.05, 0.1) is 11.3 Å². The fourth-order valence-corrected chi connectivity index (χ4v) is 3.35. The third-order valence-electron chi connectivity index (χ3n) is 4.73. The summed E-state index contributed by atoms with van der Waals surface area (Å²) in [4.78, 5) is 25.3. The van der Waals surface area contributed by atoms with Crippen molar-refractivity contribution < 1.29 is 9.18 Å². The van der Waals surface area contributed by atoms with Gasteiger partial charge in [0.25, 0.3) is 0 Å². The van der Waals surface area contributed by atoms with Gasteiger partial charge in [-0.2, -0.15) is 0 Å². The summed E-state index contributed by atoms with van der Waals surface area (Å²) in [5, 5.41) is 0. The van der Waals surface area contributed by atoms with Gasteiger partial charge >= 0.3 is 0 Å². The highest BCUT2D eigenvalue weighted by Gasteiger charge is 2.23. The van der Waals surface area contributed by atoms with E-state index in [1.165, 1.54) is 12.1 Å². The molecule has 124 valence electrons. The van der Waals surface area contributed by atoms with Crippen molar-refractivity contribution in [3.8, 4) is 0 Å². The number of hydrogen-bond acceptors (Lipinski definition) is 5. The summed E-state index contributed by atoms with van der Waals surface area (Å²) in [5.41, 5.74) is 2.61. The Morgan fingerprint density at radius 2 is 1.67 bits per heavy atom. The first-order valence-corrected chi connectivity index (χ1v) is 8.35. The van der Waals surface area contributed by atoms with E-state index in [0.717, 1.165) is 50.4 Å².